The molecule has 0 saturated heterocycles. The molecule has 0 N–H and O–H groups in total. The second-order valence-corrected chi connectivity index (χ2v) is 2.97. The molecule has 1 aromatic carbocycles. The minimum atomic E-state index is 0.0379. The van der Waals surface area contributed by atoms with Crippen molar-refractivity contribution in [1.29, 1.82) is 0 Å². The van der Waals surface area contributed by atoms with Gasteiger partial charge in [-0.2, -0.15) is 0 Å². The first-order chi connectivity index (χ1) is 5.79. The van der Waals surface area contributed by atoms with Crippen molar-refractivity contribution in [1.82, 2.24) is 3.97 Å². The average molecular weight is 177 g/mol. The Balaban J connectivity index is 3.05. The Labute approximate surface area is 75.0 Å². The fourth-order valence-corrected chi connectivity index (χ4v) is 1.43. The normalized spacial score (nSPS) is 10.4. The van der Waals surface area contributed by atoms with E-state index in [0.29, 0.717) is 5.39 Å². The Bertz CT molecular complexity index is 475. The Morgan fingerprint density at radius 2 is 1.92 bits per heavy atom. The fraction of sp³-hybridized carbons (Fsp3) is 0. The second kappa shape index (κ2) is 2.68. The summed E-state index contributed by atoms with van der Waals surface area (Å²) in [6.07, 6.45) is 1.65. The minimum absolute atomic E-state index is 0.0379. The predicted molar refractivity (Wildman–Crippen MR) is 52.6 cm³/mol. The van der Waals surface area contributed by atoms with Crippen LogP contribution in [-0.4, -0.2) is 3.97 Å². The third-order valence-electron chi connectivity index (χ3n) is 1.78. The molecule has 0 saturated carbocycles. The van der Waals surface area contributed by atoms with Gasteiger partial charge in [0.2, 0.25) is 0 Å². The third-order valence-corrected chi connectivity index (χ3v) is 2.13. The van der Waals surface area contributed by atoms with Crippen molar-refractivity contribution in [3.05, 3.63) is 46.8 Å². The molecule has 0 bridgehead atoms. The molecule has 1 aromatic heterocycles. The van der Waals surface area contributed by atoms with E-state index < -0.39 is 0 Å². The van der Waals surface area contributed by atoms with Crippen molar-refractivity contribution in [3.63, 3.8) is 0 Å². The van der Waals surface area contributed by atoms with Crippen LogP contribution in [0.2, 0.25) is 0 Å². The maximum atomic E-state index is 11.3. The van der Waals surface area contributed by atoms with Crippen molar-refractivity contribution in [3.8, 4) is 0 Å². The summed E-state index contributed by atoms with van der Waals surface area (Å²) in [5.74, 6) is 0. The van der Waals surface area contributed by atoms with Crippen LogP contribution < -0.4 is 5.43 Å². The van der Waals surface area contributed by atoms with Gasteiger partial charge in [0.15, 0.2) is 5.43 Å². The SMILES string of the molecule is O=c1ccn(S)c2ccccc12. The summed E-state index contributed by atoms with van der Waals surface area (Å²) in [5, 5.41) is 0.704. The number of hydrogen-bond acceptors (Lipinski definition) is 2. The third kappa shape index (κ3) is 1.02. The number of nitrogens with zero attached hydrogens (tertiary/aromatic N) is 1. The van der Waals surface area contributed by atoms with Crippen molar-refractivity contribution in [2.45, 2.75) is 0 Å². The standard InChI is InChI=1S/C9H7NOS/c11-9-5-6-10(12)8-4-2-1-3-7(8)9/h1-6,12H. The molecule has 60 valence electrons. The van der Waals surface area contributed by atoms with E-state index in [1.165, 1.54) is 6.07 Å². The maximum Gasteiger partial charge on any atom is 0.189 e. The van der Waals surface area contributed by atoms with Gasteiger partial charge >= 0.3 is 0 Å². The van der Waals surface area contributed by atoms with E-state index in [0.717, 1.165) is 5.52 Å². The Morgan fingerprint density at radius 1 is 1.17 bits per heavy atom. The molecule has 0 spiro atoms. The lowest BCUT2D eigenvalue weighted by atomic mass is 10.2. The van der Waals surface area contributed by atoms with Crippen LogP contribution in [-0.2, 0) is 0 Å². The highest BCUT2D eigenvalue weighted by atomic mass is 32.1. The quantitative estimate of drug-likeness (QED) is 0.608. The van der Waals surface area contributed by atoms with Crippen LogP contribution in [0.5, 0.6) is 0 Å². The van der Waals surface area contributed by atoms with E-state index in [1.54, 1.807) is 16.2 Å². The van der Waals surface area contributed by atoms with Crippen molar-refractivity contribution >= 4 is 23.7 Å². The van der Waals surface area contributed by atoms with Crippen LogP contribution in [0.1, 0.15) is 0 Å². The zero-order valence-electron chi connectivity index (χ0n) is 6.27. The van der Waals surface area contributed by atoms with Gasteiger partial charge in [0.1, 0.15) is 0 Å². The number of pyridine rings is 1. The summed E-state index contributed by atoms with van der Waals surface area (Å²) < 4.78 is 1.64. The van der Waals surface area contributed by atoms with Crippen molar-refractivity contribution in [2.75, 3.05) is 0 Å². The summed E-state index contributed by atoms with van der Waals surface area (Å²) >= 11 is 4.18. The first-order valence-corrected chi connectivity index (χ1v) is 3.99. The predicted octanol–water partition coefficient (Wildman–Crippen LogP) is 1.69. The van der Waals surface area contributed by atoms with Crippen LogP contribution in [0.4, 0.5) is 0 Å². The van der Waals surface area contributed by atoms with Crippen LogP contribution in [0.15, 0.2) is 41.3 Å². The van der Waals surface area contributed by atoms with E-state index in [1.807, 2.05) is 18.2 Å². The number of hydrogen-bond donors (Lipinski definition) is 1. The Kier molecular flexibility index (Phi) is 1.66. The average Bonchev–Trinajstić information content (AvgIpc) is 2.12. The molecule has 2 nitrogen and oxygen atoms in total. The van der Waals surface area contributed by atoms with Gasteiger partial charge in [-0.1, -0.05) is 24.9 Å². The Morgan fingerprint density at radius 3 is 2.67 bits per heavy atom. The number of benzene rings is 1. The summed E-state index contributed by atoms with van der Waals surface area (Å²) in [6.45, 7) is 0. The fourth-order valence-electron chi connectivity index (χ4n) is 1.19. The first kappa shape index (κ1) is 7.43. The molecule has 0 aliphatic rings. The summed E-state index contributed by atoms with van der Waals surface area (Å²) in [4.78, 5) is 11.3. The van der Waals surface area contributed by atoms with Gasteiger partial charge in [-0.05, 0) is 12.1 Å². The highest BCUT2D eigenvalue weighted by molar-refractivity contribution is 7.78. The largest absolute Gasteiger partial charge is 0.294 e. The lowest BCUT2D eigenvalue weighted by Crippen LogP contribution is -2.01. The Hall–Kier alpha value is -1.22. The minimum Gasteiger partial charge on any atom is -0.294 e. The number of para-hydroxylation sites is 1. The number of aromatic nitrogens is 1. The van der Waals surface area contributed by atoms with Gasteiger partial charge in [-0.3, -0.25) is 8.77 Å². The van der Waals surface area contributed by atoms with E-state index in [4.69, 9.17) is 0 Å². The molecule has 0 unspecified atom stereocenters. The highest BCUT2D eigenvalue weighted by Gasteiger charge is 1.97. The number of fused-ring (bicyclic) bond motifs is 1. The van der Waals surface area contributed by atoms with Gasteiger partial charge < -0.3 is 0 Å². The molecule has 0 aliphatic carbocycles. The molecule has 2 aromatic rings. The van der Waals surface area contributed by atoms with Gasteiger partial charge in [0.05, 0.1) is 5.52 Å². The maximum absolute atomic E-state index is 11.3. The zero-order chi connectivity index (χ0) is 8.55. The van der Waals surface area contributed by atoms with Crippen LogP contribution in [0, 0.1) is 0 Å². The molecule has 0 atom stereocenters. The molecule has 3 heteroatoms. The van der Waals surface area contributed by atoms with Crippen molar-refractivity contribution in [2.24, 2.45) is 0 Å². The molecule has 0 radical (unpaired) electrons. The van der Waals surface area contributed by atoms with Gasteiger partial charge in [-0.15, -0.1) is 0 Å². The van der Waals surface area contributed by atoms with Gasteiger partial charge in [0.25, 0.3) is 0 Å². The van der Waals surface area contributed by atoms with Crippen LogP contribution in [0.3, 0.4) is 0 Å². The lowest BCUT2D eigenvalue weighted by Gasteiger charge is -2.00. The molecule has 0 amide bonds. The molecular formula is C9H7NOS. The molecule has 2 rings (SSSR count). The van der Waals surface area contributed by atoms with Crippen LogP contribution in [0.25, 0.3) is 10.9 Å². The first-order valence-electron chi connectivity index (χ1n) is 3.59. The summed E-state index contributed by atoms with van der Waals surface area (Å²) in [5.41, 5.74) is 0.879. The van der Waals surface area contributed by atoms with Gasteiger partial charge in [0, 0.05) is 17.6 Å². The van der Waals surface area contributed by atoms with E-state index in [9.17, 15) is 4.79 Å². The molecule has 12 heavy (non-hydrogen) atoms. The van der Waals surface area contributed by atoms with Crippen LogP contribution >= 0.6 is 12.8 Å². The smallest absolute Gasteiger partial charge is 0.189 e. The van der Waals surface area contributed by atoms with Crippen molar-refractivity contribution < 1.29 is 0 Å². The highest BCUT2D eigenvalue weighted by Crippen LogP contribution is 2.09. The zero-order valence-corrected chi connectivity index (χ0v) is 7.16. The van der Waals surface area contributed by atoms with E-state index >= 15 is 0 Å². The summed E-state index contributed by atoms with van der Waals surface area (Å²) in [7, 11) is 0. The number of thiol groups is 1. The molecular weight excluding hydrogens is 170 g/mol. The second-order valence-electron chi connectivity index (χ2n) is 2.54. The molecule has 1 heterocycles. The molecule has 0 aliphatic heterocycles. The lowest BCUT2D eigenvalue weighted by molar-refractivity contribution is 1.31. The molecule has 0 fully saturated rings. The topological polar surface area (TPSA) is 22.0 Å². The van der Waals surface area contributed by atoms with Gasteiger partial charge in [-0.25, -0.2) is 0 Å². The van der Waals surface area contributed by atoms with E-state index in [-0.39, 0.29) is 5.43 Å². The summed E-state index contributed by atoms with van der Waals surface area (Å²) in [6, 6.07) is 8.90. The monoisotopic (exact) mass is 177 g/mol. The number of rotatable bonds is 0. The van der Waals surface area contributed by atoms with E-state index in [2.05, 4.69) is 12.8 Å².